The molecule has 7 heteroatoms. The average molecular weight is 425 g/mol. The maximum Gasteiger partial charge on any atom is 0.266 e. The second-order valence-electron chi connectivity index (χ2n) is 7.11. The van der Waals surface area contributed by atoms with E-state index in [1.165, 1.54) is 16.3 Å². The van der Waals surface area contributed by atoms with Crippen LogP contribution < -0.4 is 10.9 Å². The van der Waals surface area contributed by atoms with E-state index in [-0.39, 0.29) is 24.4 Å². The standard InChI is InChI=1S/C23H25ClN4O2/c1-27(17-18-5-3-2-4-6-18)16-14-25-22(29)13-15-28-23(30)12-11-21(26-28)19-7-9-20(24)10-8-19/h2-12H,13-17H2,1H3,(H,25,29). The highest BCUT2D eigenvalue weighted by molar-refractivity contribution is 6.30. The average Bonchev–Trinajstić information content (AvgIpc) is 2.74. The Hall–Kier alpha value is -2.96. The van der Waals surface area contributed by atoms with Crippen molar-refractivity contribution in [3.8, 4) is 11.3 Å². The first-order valence-electron chi connectivity index (χ1n) is 9.84. The number of nitrogens with zero attached hydrogens (tertiary/aromatic N) is 3. The number of nitrogens with one attached hydrogen (secondary N) is 1. The number of aryl methyl sites for hydroxylation is 1. The maximum absolute atomic E-state index is 12.2. The third-order valence-corrected chi connectivity index (χ3v) is 4.92. The Morgan fingerprint density at radius 2 is 1.80 bits per heavy atom. The molecule has 0 radical (unpaired) electrons. The van der Waals surface area contributed by atoms with Gasteiger partial charge in [-0.2, -0.15) is 5.10 Å². The minimum atomic E-state index is -0.233. The molecule has 0 aliphatic heterocycles. The van der Waals surface area contributed by atoms with Crippen LogP contribution in [0.4, 0.5) is 0 Å². The molecule has 6 nitrogen and oxygen atoms in total. The molecule has 0 aliphatic rings. The lowest BCUT2D eigenvalue weighted by molar-refractivity contribution is -0.121. The van der Waals surface area contributed by atoms with Gasteiger partial charge in [0.15, 0.2) is 0 Å². The lowest BCUT2D eigenvalue weighted by Gasteiger charge is -2.17. The van der Waals surface area contributed by atoms with Crippen LogP contribution in [-0.4, -0.2) is 40.7 Å². The third kappa shape index (κ3) is 6.54. The Bertz CT molecular complexity index is 1020. The topological polar surface area (TPSA) is 67.2 Å². The predicted octanol–water partition coefficient (Wildman–Crippen LogP) is 3.20. The molecule has 3 aromatic rings. The zero-order valence-electron chi connectivity index (χ0n) is 16.9. The van der Waals surface area contributed by atoms with Gasteiger partial charge in [0, 0.05) is 42.7 Å². The summed E-state index contributed by atoms with van der Waals surface area (Å²) in [4.78, 5) is 26.4. The number of likely N-dealkylation sites (N-methyl/N-ethyl adjacent to an activating group) is 1. The summed E-state index contributed by atoms with van der Waals surface area (Å²) in [5.41, 5.74) is 2.52. The molecule has 2 aromatic carbocycles. The SMILES string of the molecule is CN(CCNC(=O)CCn1nc(-c2ccc(Cl)cc2)ccc1=O)Cc1ccccc1. The molecule has 156 valence electrons. The molecule has 3 rings (SSSR count). The summed E-state index contributed by atoms with van der Waals surface area (Å²) in [7, 11) is 2.02. The van der Waals surface area contributed by atoms with E-state index in [4.69, 9.17) is 11.6 Å². The van der Waals surface area contributed by atoms with Gasteiger partial charge in [-0.1, -0.05) is 54.1 Å². The van der Waals surface area contributed by atoms with Gasteiger partial charge in [-0.15, -0.1) is 0 Å². The molecule has 0 bridgehead atoms. The van der Waals surface area contributed by atoms with Crippen LogP contribution in [0, 0.1) is 0 Å². The van der Waals surface area contributed by atoms with Crippen LogP contribution in [0.5, 0.6) is 0 Å². The van der Waals surface area contributed by atoms with Crippen molar-refractivity contribution in [2.75, 3.05) is 20.1 Å². The second kappa shape index (κ2) is 10.7. The number of hydrogen-bond donors (Lipinski definition) is 1. The monoisotopic (exact) mass is 424 g/mol. The first kappa shape index (κ1) is 21.7. The number of aromatic nitrogens is 2. The predicted molar refractivity (Wildman–Crippen MR) is 119 cm³/mol. The number of hydrogen-bond acceptors (Lipinski definition) is 4. The molecule has 1 aromatic heterocycles. The van der Waals surface area contributed by atoms with E-state index in [1.807, 2.05) is 37.4 Å². The Labute approximate surface area is 181 Å². The maximum atomic E-state index is 12.2. The summed E-state index contributed by atoms with van der Waals surface area (Å²) >= 11 is 5.92. The molecule has 0 saturated heterocycles. The van der Waals surface area contributed by atoms with Gasteiger partial charge in [0.25, 0.3) is 5.56 Å². The molecule has 30 heavy (non-hydrogen) atoms. The summed E-state index contributed by atoms with van der Waals surface area (Å²) < 4.78 is 1.32. The lowest BCUT2D eigenvalue weighted by Crippen LogP contribution is -2.34. The molecule has 0 unspecified atom stereocenters. The van der Waals surface area contributed by atoms with Crippen molar-refractivity contribution in [2.45, 2.75) is 19.5 Å². The van der Waals surface area contributed by atoms with Gasteiger partial charge in [-0.3, -0.25) is 9.59 Å². The molecule has 0 atom stereocenters. The van der Waals surface area contributed by atoms with Crippen molar-refractivity contribution in [2.24, 2.45) is 0 Å². The van der Waals surface area contributed by atoms with Crippen LogP contribution in [0.1, 0.15) is 12.0 Å². The van der Waals surface area contributed by atoms with Gasteiger partial charge in [0.05, 0.1) is 12.2 Å². The lowest BCUT2D eigenvalue weighted by atomic mass is 10.1. The van der Waals surface area contributed by atoms with Crippen LogP contribution in [-0.2, 0) is 17.9 Å². The molecule has 1 N–H and O–H groups in total. The first-order valence-corrected chi connectivity index (χ1v) is 10.2. The Morgan fingerprint density at radius 3 is 2.53 bits per heavy atom. The highest BCUT2D eigenvalue weighted by Crippen LogP contribution is 2.18. The highest BCUT2D eigenvalue weighted by atomic mass is 35.5. The Morgan fingerprint density at radius 1 is 1.07 bits per heavy atom. The van der Waals surface area contributed by atoms with Gasteiger partial charge in [0.2, 0.25) is 5.91 Å². The number of carbonyl (C=O) groups excluding carboxylic acids is 1. The molecular weight excluding hydrogens is 400 g/mol. The Balaban J connectivity index is 1.46. The van der Waals surface area contributed by atoms with E-state index in [1.54, 1.807) is 18.2 Å². The first-order chi connectivity index (χ1) is 14.5. The minimum Gasteiger partial charge on any atom is -0.355 e. The van der Waals surface area contributed by atoms with Crippen LogP contribution in [0.3, 0.4) is 0 Å². The molecule has 0 saturated carbocycles. The van der Waals surface area contributed by atoms with E-state index >= 15 is 0 Å². The largest absolute Gasteiger partial charge is 0.355 e. The van der Waals surface area contributed by atoms with Crippen molar-refractivity contribution in [3.63, 3.8) is 0 Å². The van der Waals surface area contributed by atoms with E-state index in [0.29, 0.717) is 17.3 Å². The minimum absolute atomic E-state index is 0.103. The Kier molecular flexibility index (Phi) is 7.76. The zero-order chi connectivity index (χ0) is 21.3. The number of rotatable bonds is 9. The van der Waals surface area contributed by atoms with Crippen molar-refractivity contribution in [3.05, 3.63) is 87.7 Å². The number of halogens is 1. The summed E-state index contributed by atoms with van der Waals surface area (Å²) in [6, 6.07) is 20.6. The fraction of sp³-hybridized carbons (Fsp3) is 0.261. The van der Waals surface area contributed by atoms with Crippen LogP contribution in [0.25, 0.3) is 11.3 Å². The number of carbonyl (C=O) groups is 1. The van der Waals surface area contributed by atoms with Crippen molar-refractivity contribution in [1.29, 1.82) is 0 Å². The van der Waals surface area contributed by atoms with Gasteiger partial charge in [0.1, 0.15) is 0 Å². The fourth-order valence-corrected chi connectivity index (χ4v) is 3.17. The van der Waals surface area contributed by atoms with Crippen molar-refractivity contribution >= 4 is 17.5 Å². The molecular formula is C23H25ClN4O2. The number of amides is 1. The van der Waals surface area contributed by atoms with Gasteiger partial charge in [-0.05, 0) is 30.8 Å². The summed E-state index contributed by atoms with van der Waals surface area (Å²) in [5, 5.41) is 7.91. The van der Waals surface area contributed by atoms with E-state index < -0.39 is 0 Å². The van der Waals surface area contributed by atoms with Crippen LogP contribution in [0.2, 0.25) is 5.02 Å². The molecule has 1 amide bonds. The van der Waals surface area contributed by atoms with Crippen molar-refractivity contribution in [1.82, 2.24) is 20.0 Å². The van der Waals surface area contributed by atoms with Gasteiger partial charge >= 0.3 is 0 Å². The summed E-state index contributed by atoms with van der Waals surface area (Å²) in [5.74, 6) is -0.103. The third-order valence-electron chi connectivity index (χ3n) is 4.67. The molecule has 0 aliphatic carbocycles. The number of benzene rings is 2. The second-order valence-corrected chi connectivity index (χ2v) is 7.55. The highest BCUT2D eigenvalue weighted by Gasteiger charge is 2.07. The van der Waals surface area contributed by atoms with Gasteiger partial charge in [-0.25, -0.2) is 4.68 Å². The quantitative estimate of drug-likeness (QED) is 0.572. The molecule has 0 fully saturated rings. The van der Waals surface area contributed by atoms with E-state index in [0.717, 1.165) is 18.7 Å². The van der Waals surface area contributed by atoms with Crippen LogP contribution in [0.15, 0.2) is 71.5 Å². The zero-order valence-corrected chi connectivity index (χ0v) is 17.7. The van der Waals surface area contributed by atoms with Gasteiger partial charge < -0.3 is 10.2 Å². The van der Waals surface area contributed by atoms with Crippen LogP contribution >= 0.6 is 11.6 Å². The summed E-state index contributed by atoms with van der Waals surface area (Å²) in [6.07, 6.45) is 0.194. The van der Waals surface area contributed by atoms with Crippen molar-refractivity contribution < 1.29 is 4.79 Å². The smallest absolute Gasteiger partial charge is 0.266 e. The fourth-order valence-electron chi connectivity index (χ4n) is 3.04. The molecule has 0 spiro atoms. The van der Waals surface area contributed by atoms with E-state index in [2.05, 4.69) is 27.4 Å². The normalized spacial score (nSPS) is 10.9. The summed E-state index contributed by atoms with van der Waals surface area (Å²) in [6.45, 7) is 2.35. The molecule has 1 heterocycles. The van der Waals surface area contributed by atoms with E-state index in [9.17, 15) is 9.59 Å².